The van der Waals surface area contributed by atoms with Crippen LogP contribution in [0.15, 0.2) is 48.5 Å². The zero-order chi connectivity index (χ0) is 20.1. The van der Waals surface area contributed by atoms with E-state index in [0.29, 0.717) is 5.92 Å². The van der Waals surface area contributed by atoms with Crippen molar-refractivity contribution in [2.45, 2.75) is 38.6 Å². The number of aromatic nitrogens is 2. The summed E-state index contributed by atoms with van der Waals surface area (Å²) >= 11 is 5.99. The molecule has 0 saturated carbocycles. The molecule has 0 bridgehead atoms. The highest BCUT2D eigenvalue weighted by Gasteiger charge is 2.25. The molecular weight excluding hydrogens is 382 g/mol. The number of hydrogen-bond donors (Lipinski definition) is 0. The summed E-state index contributed by atoms with van der Waals surface area (Å²) in [6.07, 6.45) is 3.41. The predicted molar refractivity (Wildman–Crippen MR) is 120 cm³/mol. The van der Waals surface area contributed by atoms with Gasteiger partial charge in [0.1, 0.15) is 5.82 Å². The van der Waals surface area contributed by atoms with Crippen LogP contribution in [-0.2, 0) is 17.7 Å². The number of hydrogen-bond acceptors (Lipinski definition) is 3. The Labute approximate surface area is 178 Å². The lowest BCUT2D eigenvalue weighted by atomic mass is 9.95. The van der Waals surface area contributed by atoms with Crippen molar-refractivity contribution in [2.75, 3.05) is 32.8 Å². The van der Waals surface area contributed by atoms with Crippen molar-refractivity contribution in [2.24, 2.45) is 0 Å². The average molecular weight is 412 g/mol. The molecule has 2 heterocycles. The number of benzene rings is 2. The number of fused-ring (bicyclic) bond motifs is 1. The van der Waals surface area contributed by atoms with E-state index in [4.69, 9.17) is 21.3 Å². The lowest BCUT2D eigenvalue weighted by molar-refractivity contribution is 0.138. The van der Waals surface area contributed by atoms with Crippen LogP contribution in [0.5, 0.6) is 0 Å². The zero-order valence-electron chi connectivity index (χ0n) is 17.2. The Hall–Kier alpha value is -1.88. The second-order valence-corrected chi connectivity index (χ2v) is 8.24. The van der Waals surface area contributed by atoms with Gasteiger partial charge in [-0.3, -0.25) is 0 Å². The molecule has 0 unspecified atom stereocenters. The minimum Gasteiger partial charge on any atom is -0.380 e. The van der Waals surface area contributed by atoms with Gasteiger partial charge < -0.3 is 14.2 Å². The van der Waals surface area contributed by atoms with Crippen LogP contribution < -0.4 is 0 Å². The van der Waals surface area contributed by atoms with Crippen molar-refractivity contribution in [1.82, 2.24) is 14.5 Å². The minimum atomic E-state index is 0.524. The van der Waals surface area contributed by atoms with Crippen molar-refractivity contribution in [3.63, 3.8) is 0 Å². The Morgan fingerprint density at radius 3 is 2.55 bits per heavy atom. The maximum Gasteiger partial charge on any atom is 0.113 e. The number of ether oxygens (including phenoxy) is 1. The highest BCUT2D eigenvalue weighted by atomic mass is 35.5. The van der Waals surface area contributed by atoms with Gasteiger partial charge in [0.05, 0.1) is 17.6 Å². The molecule has 1 aliphatic rings. The molecule has 0 atom stereocenters. The molecule has 4 nitrogen and oxygen atoms in total. The normalized spacial score (nSPS) is 15.9. The van der Waals surface area contributed by atoms with E-state index >= 15 is 0 Å². The monoisotopic (exact) mass is 411 g/mol. The van der Waals surface area contributed by atoms with Crippen molar-refractivity contribution < 1.29 is 4.74 Å². The summed E-state index contributed by atoms with van der Waals surface area (Å²) in [6.45, 7) is 7.79. The fraction of sp³-hybridized carbons (Fsp3) is 0.458. The molecule has 5 heteroatoms. The van der Waals surface area contributed by atoms with Gasteiger partial charge in [-0.25, -0.2) is 4.98 Å². The zero-order valence-corrected chi connectivity index (χ0v) is 17.9. The van der Waals surface area contributed by atoms with Crippen LogP contribution in [0.1, 0.15) is 37.1 Å². The molecule has 0 aliphatic carbocycles. The van der Waals surface area contributed by atoms with E-state index in [1.54, 1.807) is 0 Å². The first-order valence-corrected chi connectivity index (χ1v) is 11.1. The van der Waals surface area contributed by atoms with Gasteiger partial charge in [-0.1, -0.05) is 35.9 Å². The van der Waals surface area contributed by atoms with Gasteiger partial charge in [-0.2, -0.15) is 0 Å². The molecule has 0 N–H and O–H groups in total. The van der Waals surface area contributed by atoms with Gasteiger partial charge in [0, 0.05) is 30.6 Å². The lowest BCUT2D eigenvalue weighted by Crippen LogP contribution is -2.35. The van der Waals surface area contributed by atoms with E-state index in [1.165, 1.54) is 29.7 Å². The van der Waals surface area contributed by atoms with E-state index in [-0.39, 0.29) is 0 Å². The Kier molecular flexibility index (Phi) is 6.86. The minimum absolute atomic E-state index is 0.524. The molecule has 1 fully saturated rings. The topological polar surface area (TPSA) is 30.3 Å². The number of imidazole rings is 1. The molecule has 2 aromatic carbocycles. The first-order valence-electron chi connectivity index (χ1n) is 10.7. The first kappa shape index (κ1) is 20.4. The standard InChI is InChI=1S/C24H30ClN3O/c1-2-29-18-17-28-23-6-4-3-5-22(23)26-24(28)20-12-15-27(16-13-20)14-11-19-7-9-21(25)10-8-19/h3-10,20H,2,11-18H2,1H3. The molecule has 3 aromatic rings. The summed E-state index contributed by atoms with van der Waals surface area (Å²) in [4.78, 5) is 7.60. The fourth-order valence-electron chi connectivity index (χ4n) is 4.29. The smallest absolute Gasteiger partial charge is 0.113 e. The Morgan fingerprint density at radius 1 is 1.03 bits per heavy atom. The maximum absolute atomic E-state index is 5.99. The summed E-state index contributed by atoms with van der Waals surface area (Å²) in [5, 5.41) is 0.807. The van der Waals surface area contributed by atoms with Crippen LogP contribution in [0, 0.1) is 0 Å². The molecule has 1 aromatic heterocycles. The Bertz CT molecular complexity index is 914. The molecule has 1 saturated heterocycles. The van der Waals surface area contributed by atoms with Crippen LogP contribution in [0.3, 0.4) is 0 Å². The molecule has 0 spiro atoms. The lowest BCUT2D eigenvalue weighted by Gasteiger charge is -2.32. The van der Waals surface area contributed by atoms with Crippen LogP contribution in [-0.4, -0.2) is 47.3 Å². The molecule has 154 valence electrons. The van der Waals surface area contributed by atoms with Gasteiger partial charge >= 0.3 is 0 Å². The number of rotatable bonds is 8. The van der Waals surface area contributed by atoms with Gasteiger partial charge in [0.15, 0.2) is 0 Å². The molecule has 0 amide bonds. The summed E-state index contributed by atoms with van der Waals surface area (Å²) in [5.74, 6) is 1.76. The highest BCUT2D eigenvalue weighted by Crippen LogP contribution is 2.30. The second kappa shape index (κ2) is 9.75. The fourth-order valence-corrected chi connectivity index (χ4v) is 4.42. The molecule has 0 radical (unpaired) electrons. The van der Waals surface area contributed by atoms with Crippen molar-refractivity contribution in [1.29, 1.82) is 0 Å². The van der Waals surface area contributed by atoms with E-state index in [0.717, 1.165) is 56.4 Å². The van der Waals surface area contributed by atoms with Crippen LogP contribution in [0.25, 0.3) is 11.0 Å². The summed E-state index contributed by atoms with van der Waals surface area (Å²) in [6, 6.07) is 16.7. The van der Waals surface area contributed by atoms with Gasteiger partial charge in [-0.15, -0.1) is 0 Å². The molecule has 4 rings (SSSR count). The number of halogens is 1. The van der Waals surface area contributed by atoms with Crippen molar-refractivity contribution in [3.8, 4) is 0 Å². The second-order valence-electron chi connectivity index (χ2n) is 7.80. The largest absolute Gasteiger partial charge is 0.380 e. The van der Waals surface area contributed by atoms with Crippen LogP contribution in [0.2, 0.25) is 5.02 Å². The van der Waals surface area contributed by atoms with Crippen molar-refractivity contribution in [3.05, 3.63) is 64.9 Å². The SMILES string of the molecule is CCOCCn1c(C2CCN(CCc3ccc(Cl)cc3)CC2)nc2ccccc21. The highest BCUT2D eigenvalue weighted by molar-refractivity contribution is 6.30. The maximum atomic E-state index is 5.99. The Morgan fingerprint density at radius 2 is 1.79 bits per heavy atom. The summed E-state index contributed by atoms with van der Waals surface area (Å²) < 4.78 is 8.02. The molecule has 1 aliphatic heterocycles. The predicted octanol–water partition coefficient (Wildman–Crippen LogP) is 5.15. The first-order chi connectivity index (χ1) is 14.2. The van der Waals surface area contributed by atoms with Gasteiger partial charge in [0.25, 0.3) is 0 Å². The number of likely N-dealkylation sites (tertiary alicyclic amines) is 1. The van der Waals surface area contributed by atoms with E-state index in [2.05, 4.69) is 45.9 Å². The summed E-state index contributed by atoms with van der Waals surface area (Å²) in [7, 11) is 0. The van der Waals surface area contributed by atoms with E-state index < -0.39 is 0 Å². The summed E-state index contributed by atoms with van der Waals surface area (Å²) in [5.41, 5.74) is 3.69. The molecule has 29 heavy (non-hydrogen) atoms. The van der Waals surface area contributed by atoms with E-state index in [9.17, 15) is 0 Å². The van der Waals surface area contributed by atoms with Crippen LogP contribution in [0.4, 0.5) is 0 Å². The quantitative estimate of drug-likeness (QED) is 0.480. The Balaban J connectivity index is 1.39. The number of piperidine rings is 1. The van der Waals surface area contributed by atoms with E-state index in [1.807, 2.05) is 19.1 Å². The number of nitrogens with zero attached hydrogens (tertiary/aromatic N) is 3. The third-order valence-electron chi connectivity index (χ3n) is 5.93. The van der Waals surface area contributed by atoms with Gasteiger partial charge in [0.2, 0.25) is 0 Å². The number of para-hydroxylation sites is 2. The average Bonchev–Trinajstić information content (AvgIpc) is 3.13. The molecular formula is C24H30ClN3O. The third-order valence-corrected chi connectivity index (χ3v) is 6.18. The van der Waals surface area contributed by atoms with Gasteiger partial charge in [-0.05, 0) is 69.1 Å². The third kappa shape index (κ3) is 5.00. The van der Waals surface area contributed by atoms with Crippen molar-refractivity contribution >= 4 is 22.6 Å². The van der Waals surface area contributed by atoms with Crippen LogP contribution >= 0.6 is 11.6 Å².